The molecule has 1 aromatic rings. The molecule has 0 aliphatic carbocycles. The number of rotatable bonds is 6. The van der Waals surface area contributed by atoms with E-state index in [0.29, 0.717) is 0 Å². The Hall–Kier alpha value is -1.40. The minimum absolute atomic E-state index is 0.159. The molecule has 1 atom stereocenters. The van der Waals surface area contributed by atoms with Crippen molar-refractivity contribution in [2.24, 2.45) is 0 Å². The number of aromatic nitrogens is 2. The Bertz CT molecular complexity index is 287. The smallest absolute Gasteiger partial charge is 0.241 e. The van der Waals surface area contributed by atoms with Crippen molar-refractivity contribution in [3.8, 4) is 0 Å². The Morgan fingerprint density at radius 2 is 2.53 bits per heavy atom. The fourth-order valence-electron chi connectivity index (χ4n) is 1.08. The highest BCUT2D eigenvalue weighted by Crippen LogP contribution is 1.85. The molecule has 0 aliphatic rings. The Labute approximate surface area is 87.8 Å². The first-order valence-electron chi connectivity index (χ1n) is 4.63. The molecule has 0 radical (unpaired) electrons. The lowest BCUT2D eigenvalue weighted by Gasteiger charge is -2.10. The first kappa shape index (κ1) is 11.7. The van der Waals surface area contributed by atoms with Gasteiger partial charge in [-0.05, 0) is 6.07 Å². The Morgan fingerprint density at radius 3 is 3.13 bits per heavy atom. The van der Waals surface area contributed by atoms with Gasteiger partial charge in [-0.1, -0.05) is 0 Å². The van der Waals surface area contributed by atoms with Crippen molar-refractivity contribution in [2.75, 3.05) is 20.3 Å². The van der Waals surface area contributed by atoms with Crippen LogP contribution in [0.15, 0.2) is 18.5 Å². The highest BCUT2D eigenvalue weighted by molar-refractivity contribution is 5.75. The number of amides is 1. The number of hydrogen-bond donors (Lipinski definition) is 2. The van der Waals surface area contributed by atoms with E-state index in [4.69, 9.17) is 4.74 Å². The zero-order chi connectivity index (χ0) is 11.1. The maximum absolute atomic E-state index is 11.3. The minimum atomic E-state index is -0.670. The van der Waals surface area contributed by atoms with E-state index in [2.05, 4.69) is 10.4 Å². The molecule has 1 amide bonds. The van der Waals surface area contributed by atoms with E-state index in [9.17, 15) is 9.90 Å². The zero-order valence-corrected chi connectivity index (χ0v) is 8.59. The molecule has 1 unspecified atom stereocenters. The second kappa shape index (κ2) is 6.15. The number of aliphatic hydroxyl groups excluding tert-OH is 1. The van der Waals surface area contributed by atoms with Gasteiger partial charge < -0.3 is 15.2 Å². The third kappa shape index (κ3) is 4.57. The topological polar surface area (TPSA) is 76.4 Å². The molecule has 6 heteroatoms. The molecule has 0 spiro atoms. The van der Waals surface area contributed by atoms with Gasteiger partial charge >= 0.3 is 0 Å². The van der Waals surface area contributed by atoms with E-state index in [1.165, 1.54) is 11.8 Å². The van der Waals surface area contributed by atoms with Crippen LogP contribution in [0.3, 0.4) is 0 Å². The molecule has 0 aromatic carbocycles. The van der Waals surface area contributed by atoms with Crippen LogP contribution >= 0.6 is 0 Å². The number of nitrogens with zero attached hydrogens (tertiary/aromatic N) is 2. The third-order valence-electron chi connectivity index (χ3n) is 1.76. The summed E-state index contributed by atoms with van der Waals surface area (Å²) in [6.45, 7) is 0.558. The Morgan fingerprint density at radius 1 is 1.73 bits per heavy atom. The van der Waals surface area contributed by atoms with Crippen molar-refractivity contribution in [3.05, 3.63) is 18.5 Å². The number of carbonyl (C=O) groups is 1. The molecule has 1 aromatic heterocycles. The molecule has 0 saturated carbocycles. The van der Waals surface area contributed by atoms with Gasteiger partial charge in [0.2, 0.25) is 5.91 Å². The number of nitrogens with one attached hydrogen (secondary N) is 1. The average molecular weight is 213 g/mol. The van der Waals surface area contributed by atoms with Crippen LogP contribution in [0, 0.1) is 0 Å². The normalized spacial score (nSPS) is 12.4. The van der Waals surface area contributed by atoms with Crippen LogP contribution in [0.25, 0.3) is 0 Å². The van der Waals surface area contributed by atoms with E-state index < -0.39 is 6.10 Å². The van der Waals surface area contributed by atoms with Gasteiger partial charge in [0.1, 0.15) is 6.54 Å². The molecule has 0 fully saturated rings. The summed E-state index contributed by atoms with van der Waals surface area (Å²) >= 11 is 0. The molecule has 15 heavy (non-hydrogen) atoms. The van der Waals surface area contributed by atoms with Crippen molar-refractivity contribution in [2.45, 2.75) is 12.6 Å². The van der Waals surface area contributed by atoms with Crippen LogP contribution in [-0.4, -0.2) is 47.2 Å². The lowest BCUT2D eigenvalue weighted by atomic mass is 10.4. The van der Waals surface area contributed by atoms with Gasteiger partial charge in [-0.2, -0.15) is 5.10 Å². The molecule has 0 saturated heterocycles. The SMILES string of the molecule is COCC(O)CNC(=O)Cn1cccn1. The maximum atomic E-state index is 11.3. The summed E-state index contributed by atoms with van der Waals surface area (Å²) in [5.74, 6) is -0.186. The van der Waals surface area contributed by atoms with Crippen LogP contribution < -0.4 is 5.32 Å². The summed E-state index contributed by atoms with van der Waals surface area (Å²) in [5, 5.41) is 15.7. The number of ether oxygens (including phenoxy) is 1. The summed E-state index contributed by atoms with van der Waals surface area (Å²) in [6, 6.07) is 1.74. The number of aliphatic hydroxyl groups is 1. The first-order valence-corrected chi connectivity index (χ1v) is 4.63. The van der Waals surface area contributed by atoms with Crippen LogP contribution in [-0.2, 0) is 16.1 Å². The summed E-state index contributed by atoms with van der Waals surface area (Å²) in [5.41, 5.74) is 0. The van der Waals surface area contributed by atoms with Gasteiger partial charge in [0, 0.05) is 26.0 Å². The molecule has 0 bridgehead atoms. The number of hydrogen-bond acceptors (Lipinski definition) is 4. The summed E-state index contributed by atoms with van der Waals surface area (Å²) in [7, 11) is 1.49. The minimum Gasteiger partial charge on any atom is -0.389 e. The molecule has 2 N–H and O–H groups in total. The van der Waals surface area contributed by atoms with Crippen LogP contribution in [0.4, 0.5) is 0 Å². The number of methoxy groups -OCH3 is 1. The monoisotopic (exact) mass is 213 g/mol. The van der Waals surface area contributed by atoms with Gasteiger partial charge in [-0.3, -0.25) is 9.48 Å². The van der Waals surface area contributed by atoms with Gasteiger partial charge in [-0.25, -0.2) is 0 Å². The van der Waals surface area contributed by atoms with Gasteiger partial charge in [-0.15, -0.1) is 0 Å². The van der Waals surface area contributed by atoms with Crippen molar-refractivity contribution >= 4 is 5.91 Å². The molecule has 84 valence electrons. The van der Waals surface area contributed by atoms with Crippen molar-refractivity contribution < 1.29 is 14.6 Å². The van der Waals surface area contributed by atoms with Gasteiger partial charge in [0.25, 0.3) is 0 Å². The standard InChI is InChI=1S/C9H15N3O3/c1-15-7-8(13)5-10-9(14)6-12-4-2-3-11-12/h2-4,8,13H,5-7H2,1H3,(H,10,14). The van der Waals surface area contributed by atoms with Gasteiger partial charge in [0.05, 0.1) is 12.7 Å². The maximum Gasteiger partial charge on any atom is 0.241 e. The van der Waals surface area contributed by atoms with Crippen LogP contribution in [0.1, 0.15) is 0 Å². The molecule has 0 aliphatic heterocycles. The van der Waals surface area contributed by atoms with Crippen LogP contribution in [0.2, 0.25) is 0 Å². The lowest BCUT2D eigenvalue weighted by molar-refractivity contribution is -0.122. The molecular weight excluding hydrogens is 198 g/mol. The predicted molar refractivity (Wildman–Crippen MR) is 53.1 cm³/mol. The summed E-state index contributed by atoms with van der Waals surface area (Å²) in [6.07, 6.45) is 2.63. The van der Waals surface area contributed by atoms with E-state index >= 15 is 0 Å². The van der Waals surface area contributed by atoms with Crippen LogP contribution in [0.5, 0.6) is 0 Å². The molecule has 6 nitrogen and oxygen atoms in total. The molecule has 1 rings (SSSR count). The van der Waals surface area contributed by atoms with E-state index in [0.717, 1.165) is 0 Å². The zero-order valence-electron chi connectivity index (χ0n) is 8.59. The fourth-order valence-corrected chi connectivity index (χ4v) is 1.08. The summed E-state index contributed by atoms with van der Waals surface area (Å²) in [4.78, 5) is 11.3. The second-order valence-electron chi connectivity index (χ2n) is 3.12. The van der Waals surface area contributed by atoms with Crippen molar-refractivity contribution in [3.63, 3.8) is 0 Å². The Balaban J connectivity index is 2.19. The van der Waals surface area contributed by atoms with E-state index in [1.54, 1.807) is 18.5 Å². The largest absolute Gasteiger partial charge is 0.389 e. The second-order valence-corrected chi connectivity index (χ2v) is 3.12. The quantitative estimate of drug-likeness (QED) is 0.636. The Kier molecular flexibility index (Phi) is 4.79. The first-order chi connectivity index (χ1) is 7.22. The highest BCUT2D eigenvalue weighted by atomic mass is 16.5. The third-order valence-corrected chi connectivity index (χ3v) is 1.76. The number of carbonyl (C=O) groups excluding carboxylic acids is 1. The predicted octanol–water partition coefficient (Wildman–Crippen LogP) is -0.993. The highest BCUT2D eigenvalue weighted by Gasteiger charge is 2.06. The van der Waals surface area contributed by atoms with Crippen molar-refractivity contribution in [1.29, 1.82) is 0 Å². The molecule has 1 heterocycles. The van der Waals surface area contributed by atoms with E-state index in [1.807, 2.05) is 0 Å². The lowest BCUT2D eigenvalue weighted by Crippen LogP contribution is -2.36. The average Bonchev–Trinajstić information content (AvgIpc) is 2.68. The van der Waals surface area contributed by atoms with Crippen molar-refractivity contribution in [1.82, 2.24) is 15.1 Å². The summed E-state index contributed by atoms with van der Waals surface area (Å²) < 4.78 is 6.23. The molecular formula is C9H15N3O3. The fraction of sp³-hybridized carbons (Fsp3) is 0.556. The van der Waals surface area contributed by atoms with E-state index in [-0.39, 0.29) is 25.6 Å². The van der Waals surface area contributed by atoms with Gasteiger partial charge in [0.15, 0.2) is 0 Å².